The quantitative estimate of drug-likeness (QED) is 0.307. The number of ether oxygens (including phenoxy) is 1. The van der Waals surface area contributed by atoms with Crippen LogP contribution in [0, 0.1) is 5.92 Å². The molecule has 1 fully saturated rings. The number of carbonyl (C=O) groups excluding carboxylic acids is 2. The van der Waals surface area contributed by atoms with E-state index in [1.165, 1.54) is 32.1 Å². The van der Waals surface area contributed by atoms with Gasteiger partial charge in [0.15, 0.2) is 0 Å². The molecule has 0 aliphatic heterocycles. The van der Waals surface area contributed by atoms with Crippen LogP contribution in [0.5, 0.6) is 0 Å². The van der Waals surface area contributed by atoms with E-state index in [0.717, 1.165) is 25.2 Å². The van der Waals surface area contributed by atoms with Crippen LogP contribution in [0.2, 0.25) is 0 Å². The molecule has 0 unspecified atom stereocenters. The first-order chi connectivity index (χ1) is 12.8. The van der Waals surface area contributed by atoms with Crippen LogP contribution in [-0.4, -0.2) is 27.6 Å². The first-order valence-electron chi connectivity index (χ1n) is 9.85. The second kappa shape index (κ2) is 9.82. The second-order valence-electron chi connectivity index (χ2n) is 8.35. The number of nitrogens with zero attached hydrogens (tertiary/aromatic N) is 2. The number of esters is 1. The summed E-state index contributed by atoms with van der Waals surface area (Å²) in [5, 5.41) is 3.66. The summed E-state index contributed by atoms with van der Waals surface area (Å²) in [6.45, 7) is 5.50. The zero-order chi connectivity index (χ0) is 19.9. The minimum absolute atomic E-state index is 0.131. The third-order valence-electron chi connectivity index (χ3n) is 4.85. The van der Waals surface area contributed by atoms with Gasteiger partial charge < -0.3 is 9.26 Å². The predicted octanol–water partition coefficient (Wildman–Crippen LogP) is 3.24. The number of hydrogen-bond donors (Lipinski definition) is 2. The number of hydrazine groups is 1. The Morgan fingerprint density at radius 2 is 2.00 bits per heavy atom. The van der Waals surface area contributed by atoms with E-state index in [9.17, 15) is 9.59 Å². The van der Waals surface area contributed by atoms with Gasteiger partial charge >= 0.3 is 11.9 Å². The van der Waals surface area contributed by atoms with Crippen molar-refractivity contribution in [1.82, 2.24) is 15.6 Å². The predicted molar refractivity (Wildman–Crippen MR) is 99.6 cm³/mol. The Balaban J connectivity index is 1.99. The van der Waals surface area contributed by atoms with Gasteiger partial charge in [-0.05, 0) is 33.1 Å². The molecule has 8 heteroatoms. The first kappa shape index (κ1) is 21.3. The van der Waals surface area contributed by atoms with Crippen LogP contribution in [0.25, 0.3) is 0 Å². The van der Waals surface area contributed by atoms with Crippen molar-refractivity contribution in [1.29, 1.82) is 0 Å². The van der Waals surface area contributed by atoms with Gasteiger partial charge in [0.05, 0.1) is 6.42 Å². The maximum absolute atomic E-state index is 12.3. The highest BCUT2D eigenvalue weighted by Crippen LogP contribution is 2.31. The highest BCUT2D eigenvalue weighted by atomic mass is 16.6. The highest BCUT2D eigenvalue weighted by molar-refractivity contribution is 5.89. The Morgan fingerprint density at radius 3 is 2.63 bits per heavy atom. The fraction of sp³-hybridized carbons (Fsp3) is 0.789. The lowest BCUT2D eigenvalue weighted by molar-refractivity contribution is -0.155. The SMILES string of the molecule is CC(C)(C)OC(=O)C[C@@H](CCCC1CCCCC1)c1nc(C(=O)NN)no1. The van der Waals surface area contributed by atoms with Gasteiger partial charge in [-0.25, -0.2) is 5.84 Å². The number of nitrogen functional groups attached to an aromatic ring is 1. The van der Waals surface area contributed by atoms with E-state index in [1.807, 2.05) is 26.2 Å². The summed E-state index contributed by atoms with van der Waals surface area (Å²) in [4.78, 5) is 28.0. The molecule has 0 aromatic carbocycles. The Kier molecular flexibility index (Phi) is 7.77. The third-order valence-corrected chi connectivity index (χ3v) is 4.85. The lowest BCUT2D eigenvalue weighted by Crippen LogP contribution is -2.30. The van der Waals surface area contributed by atoms with Gasteiger partial charge in [0.1, 0.15) is 5.60 Å². The Morgan fingerprint density at radius 1 is 1.30 bits per heavy atom. The zero-order valence-corrected chi connectivity index (χ0v) is 16.6. The van der Waals surface area contributed by atoms with Crippen LogP contribution < -0.4 is 11.3 Å². The number of carbonyl (C=O) groups is 2. The summed E-state index contributed by atoms with van der Waals surface area (Å²) in [5.41, 5.74) is 1.42. The van der Waals surface area contributed by atoms with Crippen LogP contribution in [0.3, 0.4) is 0 Å². The number of aromatic nitrogens is 2. The van der Waals surface area contributed by atoms with E-state index in [4.69, 9.17) is 15.1 Å². The van der Waals surface area contributed by atoms with Crippen LogP contribution in [0.1, 0.15) is 101 Å². The van der Waals surface area contributed by atoms with Crippen molar-refractivity contribution in [3.63, 3.8) is 0 Å². The van der Waals surface area contributed by atoms with E-state index in [1.54, 1.807) is 0 Å². The van der Waals surface area contributed by atoms with Crippen LogP contribution >= 0.6 is 0 Å². The molecule has 1 aliphatic carbocycles. The number of nitrogens with two attached hydrogens (primary N) is 1. The Labute approximate surface area is 160 Å². The van der Waals surface area contributed by atoms with E-state index < -0.39 is 11.5 Å². The second-order valence-corrected chi connectivity index (χ2v) is 8.35. The number of amides is 1. The molecule has 0 spiro atoms. The molecule has 0 radical (unpaired) electrons. The van der Waals surface area contributed by atoms with Gasteiger partial charge in [0.25, 0.3) is 5.82 Å². The molecule has 3 N–H and O–H groups in total. The number of nitrogens with one attached hydrogen (secondary N) is 1. The molecule has 0 bridgehead atoms. The average Bonchev–Trinajstić information content (AvgIpc) is 3.09. The van der Waals surface area contributed by atoms with Crippen molar-refractivity contribution < 1.29 is 18.8 Å². The van der Waals surface area contributed by atoms with E-state index in [0.29, 0.717) is 0 Å². The zero-order valence-electron chi connectivity index (χ0n) is 16.6. The minimum atomic E-state index is -0.622. The lowest BCUT2D eigenvalue weighted by Gasteiger charge is -2.23. The minimum Gasteiger partial charge on any atom is -0.460 e. The molecule has 1 aromatic heterocycles. The van der Waals surface area contributed by atoms with Crippen LogP contribution in [0.15, 0.2) is 4.52 Å². The molecule has 8 nitrogen and oxygen atoms in total. The van der Waals surface area contributed by atoms with Crippen molar-refractivity contribution in [3.8, 4) is 0 Å². The number of hydrogen-bond acceptors (Lipinski definition) is 7. The molecule has 27 heavy (non-hydrogen) atoms. The Hall–Kier alpha value is -1.96. The largest absolute Gasteiger partial charge is 0.460 e. The summed E-state index contributed by atoms with van der Waals surface area (Å²) >= 11 is 0. The van der Waals surface area contributed by atoms with Gasteiger partial charge in [-0.3, -0.25) is 15.0 Å². The molecule has 152 valence electrons. The van der Waals surface area contributed by atoms with Crippen molar-refractivity contribution >= 4 is 11.9 Å². The normalized spacial score (nSPS) is 16.7. The Bertz CT molecular complexity index is 617. The molecule has 1 aromatic rings. The molecule has 2 rings (SSSR count). The fourth-order valence-corrected chi connectivity index (χ4v) is 3.58. The average molecular weight is 380 g/mol. The molecule has 1 heterocycles. The molecule has 1 saturated carbocycles. The molecular weight excluding hydrogens is 348 g/mol. The molecule has 0 saturated heterocycles. The van der Waals surface area contributed by atoms with Gasteiger partial charge in [-0.15, -0.1) is 0 Å². The van der Waals surface area contributed by atoms with E-state index >= 15 is 0 Å². The van der Waals surface area contributed by atoms with Gasteiger partial charge in [-0.1, -0.05) is 50.1 Å². The summed E-state index contributed by atoms with van der Waals surface area (Å²) in [6, 6.07) is 0. The van der Waals surface area contributed by atoms with E-state index in [2.05, 4.69) is 10.1 Å². The van der Waals surface area contributed by atoms with E-state index in [-0.39, 0.29) is 30.0 Å². The lowest BCUT2D eigenvalue weighted by atomic mass is 9.84. The highest BCUT2D eigenvalue weighted by Gasteiger charge is 2.27. The van der Waals surface area contributed by atoms with Crippen molar-refractivity contribution in [2.24, 2.45) is 11.8 Å². The topological polar surface area (TPSA) is 120 Å². The maximum atomic E-state index is 12.3. The van der Waals surface area contributed by atoms with Gasteiger partial charge in [0.2, 0.25) is 5.89 Å². The first-order valence-corrected chi connectivity index (χ1v) is 9.85. The maximum Gasteiger partial charge on any atom is 0.307 e. The molecule has 1 atom stereocenters. The monoisotopic (exact) mass is 380 g/mol. The van der Waals surface area contributed by atoms with Crippen molar-refractivity contribution in [2.45, 2.75) is 90.1 Å². The van der Waals surface area contributed by atoms with Gasteiger partial charge in [0, 0.05) is 5.92 Å². The summed E-state index contributed by atoms with van der Waals surface area (Å²) in [7, 11) is 0. The summed E-state index contributed by atoms with van der Waals surface area (Å²) in [5.74, 6) is 4.82. The number of rotatable bonds is 8. The van der Waals surface area contributed by atoms with Crippen molar-refractivity contribution in [2.75, 3.05) is 0 Å². The summed E-state index contributed by atoms with van der Waals surface area (Å²) in [6.07, 6.45) is 9.53. The van der Waals surface area contributed by atoms with Crippen LogP contribution in [0.4, 0.5) is 0 Å². The van der Waals surface area contributed by atoms with Crippen LogP contribution in [-0.2, 0) is 9.53 Å². The molecule has 1 aliphatic rings. The summed E-state index contributed by atoms with van der Waals surface area (Å²) < 4.78 is 10.7. The standard InChI is InChI=1S/C19H32N4O4/c1-19(2,3)26-15(24)12-14(11-7-10-13-8-5-4-6-9-13)18-21-16(23-27-18)17(25)22-20/h13-14H,4-12,20H2,1-3H3,(H,22,25)/t14-/m1/s1. The fourth-order valence-electron chi connectivity index (χ4n) is 3.58. The molecule has 1 amide bonds. The van der Waals surface area contributed by atoms with Gasteiger partial charge in [-0.2, -0.15) is 4.98 Å². The molecular formula is C19H32N4O4. The third kappa shape index (κ3) is 7.28. The smallest absolute Gasteiger partial charge is 0.307 e. The van der Waals surface area contributed by atoms with Crippen molar-refractivity contribution in [3.05, 3.63) is 11.7 Å².